The number of aromatic hydroxyl groups is 1. The molecule has 172 valence electrons. The average Bonchev–Trinajstić information content (AvgIpc) is 2.84. The molecule has 0 heterocycles. The number of carbonyl (C=O) groups is 1. The number of carbonyl (C=O) groups excluding carboxylic acids is 1. The summed E-state index contributed by atoms with van der Waals surface area (Å²) in [6.07, 6.45) is 0.695. The molecule has 0 fully saturated rings. The molecule has 6 nitrogen and oxygen atoms in total. The van der Waals surface area contributed by atoms with Gasteiger partial charge in [0, 0.05) is 19.0 Å². The van der Waals surface area contributed by atoms with Gasteiger partial charge in [0.2, 0.25) is 0 Å². The van der Waals surface area contributed by atoms with E-state index in [0.717, 1.165) is 11.1 Å². The van der Waals surface area contributed by atoms with Gasteiger partial charge < -0.3 is 25.2 Å². The number of nitrogens with zero attached hydrogens (tertiary/aromatic N) is 1. The van der Waals surface area contributed by atoms with Gasteiger partial charge in [0.15, 0.2) is 16.6 Å². The van der Waals surface area contributed by atoms with E-state index in [0.29, 0.717) is 30.8 Å². The van der Waals surface area contributed by atoms with Gasteiger partial charge in [0.1, 0.15) is 0 Å². The van der Waals surface area contributed by atoms with Gasteiger partial charge in [-0.2, -0.15) is 0 Å². The fraction of sp³-hybridized carbons (Fsp3) is 0.231. The van der Waals surface area contributed by atoms with Gasteiger partial charge in [-0.3, -0.25) is 0 Å². The van der Waals surface area contributed by atoms with Gasteiger partial charge >= 0.3 is 5.97 Å². The molecular weight excluding hydrogens is 436 g/mol. The summed E-state index contributed by atoms with van der Waals surface area (Å²) in [4.78, 5) is 14.4. The molecule has 0 bridgehead atoms. The third kappa shape index (κ3) is 7.22. The molecule has 33 heavy (non-hydrogen) atoms. The van der Waals surface area contributed by atoms with Gasteiger partial charge in [0.05, 0.1) is 19.3 Å². The summed E-state index contributed by atoms with van der Waals surface area (Å²) in [6, 6.07) is 24.1. The van der Waals surface area contributed by atoms with Gasteiger partial charge in [0.25, 0.3) is 0 Å². The maximum atomic E-state index is 12.5. The number of hydrogen-bond acceptors (Lipinski definition) is 5. The monoisotopic (exact) mass is 464 g/mol. The Balaban J connectivity index is 1.74. The second kappa shape index (κ2) is 11.9. The molecule has 3 N–H and O–H groups in total. The molecule has 7 heteroatoms. The van der Waals surface area contributed by atoms with E-state index in [2.05, 4.69) is 0 Å². The van der Waals surface area contributed by atoms with Crippen molar-refractivity contribution in [2.75, 3.05) is 20.3 Å². The molecule has 3 rings (SSSR count). The van der Waals surface area contributed by atoms with Gasteiger partial charge in [-0.1, -0.05) is 54.6 Å². The van der Waals surface area contributed by atoms with E-state index in [9.17, 15) is 9.90 Å². The first-order valence-corrected chi connectivity index (χ1v) is 11.0. The third-order valence-corrected chi connectivity index (χ3v) is 5.49. The van der Waals surface area contributed by atoms with Crippen LogP contribution in [0.2, 0.25) is 0 Å². The van der Waals surface area contributed by atoms with Crippen molar-refractivity contribution in [3.63, 3.8) is 0 Å². The highest BCUT2D eigenvalue weighted by Gasteiger charge is 2.20. The zero-order valence-electron chi connectivity index (χ0n) is 18.5. The Kier molecular flexibility index (Phi) is 8.66. The first kappa shape index (κ1) is 24.1. The van der Waals surface area contributed by atoms with Crippen molar-refractivity contribution in [3.05, 3.63) is 95.6 Å². The fourth-order valence-corrected chi connectivity index (χ4v) is 3.70. The fourth-order valence-electron chi connectivity index (χ4n) is 3.56. The molecule has 0 amide bonds. The average molecular weight is 465 g/mol. The minimum atomic E-state index is -0.362. The van der Waals surface area contributed by atoms with Crippen LogP contribution >= 0.6 is 12.2 Å². The van der Waals surface area contributed by atoms with Crippen molar-refractivity contribution in [2.24, 2.45) is 11.7 Å². The van der Waals surface area contributed by atoms with Crippen LogP contribution in [0.15, 0.2) is 78.9 Å². The number of thiocarbonyl (C=S) groups is 1. The molecule has 1 unspecified atom stereocenters. The van der Waals surface area contributed by atoms with Crippen LogP contribution < -0.4 is 10.5 Å². The molecule has 0 aliphatic heterocycles. The summed E-state index contributed by atoms with van der Waals surface area (Å²) >= 11 is 5.31. The van der Waals surface area contributed by atoms with Crippen molar-refractivity contribution in [1.82, 2.24) is 4.90 Å². The molecule has 3 aromatic carbocycles. The SMILES string of the molecule is COc1cc(CN(CC(COC(=O)c2ccccc2)Cc2ccccc2)C(N)=S)ccc1O. The number of esters is 1. The zero-order chi connectivity index (χ0) is 23.6. The zero-order valence-corrected chi connectivity index (χ0v) is 19.3. The van der Waals surface area contributed by atoms with Crippen LogP contribution in [0.1, 0.15) is 21.5 Å². The number of phenolic OH excluding ortho intramolecular Hbond substituents is 1. The predicted molar refractivity (Wildman–Crippen MR) is 132 cm³/mol. The first-order chi connectivity index (χ1) is 16.0. The summed E-state index contributed by atoms with van der Waals surface area (Å²) in [5, 5.41) is 10.1. The van der Waals surface area contributed by atoms with E-state index in [-0.39, 0.29) is 29.4 Å². The third-order valence-electron chi connectivity index (χ3n) is 5.23. The summed E-state index contributed by atoms with van der Waals surface area (Å²) in [7, 11) is 1.50. The Hall–Kier alpha value is -3.58. The number of phenols is 1. The molecule has 0 aliphatic rings. The van der Waals surface area contributed by atoms with Crippen LogP contribution in [0.3, 0.4) is 0 Å². The van der Waals surface area contributed by atoms with Crippen LogP contribution in [-0.2, 0) is 17.7 Å². The predicted octanol–water partition coefficient (Wildman–Crippen LogP) is 4.16. The molecule has 0 radical (unpaired) electrons. The quantitative estimate of drug-likeness (QED) is 0.344. The Morgan fingerprint density at radius 3 is 2.33 bits per heavy atom. The lowest BCUT2D eigenvalue weighted by atomic mass is 9.99. The van der Waals surface area contributed by atoms with E-state index in [1.54, 1.807) is 42.5 Å². The van der Waals surface area contributed by atoms with Gasteiger partial charge in [-0.25, -0.2) is 4.79 Å². The molecule has 0 aromatic heterocycles. The lowest BCUT2D eigenvalue weighted by Gasteiger charge is -2.28. The Bertz CT molecular complexity index is 1060. The number of ether oxygens (including phenoxy) is 2. The summed E-state index contributed by atoms with van der Waals surface area (Å²) < 4.78 is 10.8. The summed E-state index contributed by atoms with van der Waals surface area (Å²) in [5.74, 6) is 0.0466. The Morgan fingerprint density at radius 2 is 1.70 bits per heavy atom. The Labute approximate surface area is 199 Å². The van der Waals surface area contributed by atoms with Crippen LogP contribution in [-0.4, -0.2) is 41.3 Å². The van der Waals surface area contributed by atoms with E-state index >= 15 is 0 Å². The second-order valence-electron chi connectivity index (χ2n) is 7.75. The number of hydrogen-bond donors (Lipinski definition) is 2. The molecular formula is C26H28N2O4S. The van der Waals surface area contributed by atoms with Crippen molar-refractivity contribution in [1.29, 1.82) is 0 Å². The largest absolute Gasteiger partial charge is 0.504 e. The molecule has 1 atom stereocenters. The number of methoxy groups -OCH3 is 1. The summed E-state index contributed by atoms with van der Waals surface area (Å²) in [6.45, 7) is 1.15. The number of nitrogens with two attached hydrogens (primary N) is 1. The van der Waals surface area contributed by atoms with E-state index in [1.807, 2.05) is 41.3 Å². The van der Waals surface area contributed by atoms with Gasteiger partial charge in [-0.15, -0.1) is 0 Å². The van der Waals surface area contributed by atoms with Crippen molar-refractivity contribution in [2.45, 2.75) is 13.0 Å². The number of rotatable bonds is 10. The van der Waals surface area contributed by atoms with Crippen LogP contribution in [0, 0.1) is 5.92 Å². The molecule has 0 spiro atoms. The minimum Gasteiger partial charge on any atom is -0.504 e. The molecule has 0 saturated carbocycles. The van der Waals surface area contributed by atoms with Crippen LogP contribution in [0.25, 0.3) is 0 Å². The van der Waals surface area contributed by atoms with E-state index in [4.69, 9.17) is 27.4 Å². The summed E-state index contributed by atoms with van der Waals surface area (Å²) in [5.41, 5.74) is 8.57. The number of benzene rings is 3. The maximum absolute atomic E-state index is 12.5. The normalized spacial score (nSPS) is 11.4. The highest BCUT2D eigenvalue weighted by molar-refractivity contribution is 7.80. The lowest BCUT2D eigenvalue weighted by molar-refractivity contribution is 0.0422. The van der Waals surface area contributed by atoms with Gasteiger partial charge in [-0.05, 0) is 54.0 Å². The van der Waals surface area contributed by atoms with E-state index in [1.165, 1.54) is 7.11 Å². The smallest absolute Gasteiger partial charge is 0.338 e. The molecule has 0 saturated heterocycles. The second-order valence-corrected chi connectivity index (χ2v) is 8.16. The molecule has 3 aromatic rings. The maximum Gasteiger partial charge on any atom is 0.338 e. The topological polar surface area (TPSA) is 85.0 Å². The van der Waals surface area contributed by atoms with Crippen molar-refractivity contribution in [3.8, 4) is 11.5 Å². The highest BCUT2D eigenvalue weighted by Crippen LogP contribution is 2.27. The highest BCUT2D eigenvalue weighted by atomic mass is 32.1. The van der Waals surface area contributed by atoms with Crippen LogP contribution in [0.5, 0.6) is 11.5 Å². The lowest BCUT2D eigenvalue weighted by Crippen LogP contribution is -2.40. The standard InChI is InChI=1S/C26H28N2O4S/c1-31-24-15-20(12-13-23(24)29)16-28(26(27)33)17-21(14-19-8-4-2-5-9-19)18-32-25(30)22-10-6-3-7-11-22/h2-13,15,21,29H,14,16-18H2,1H3,(H2,27,33). The van der Waals surface area contributed by atoms with E-state index < -0.39 is 0 Å². The molecule has 0 aliphatic carbocycles. The Morgan fingerprint density at radius 1 is 1.03 bits per heavy atom. The van der Waals surface area contributed by atoms with Crippen molar-refractivity contribution < 1.29 is 19.4 Å². The minimum absolute atomic E-state index is 0.0411. The first-order valence-electron chi connectivity index (χ1n) is 10.6. The van der Waals surface area contributed by atoms with Crippen LogP contribution in [0.4, 0.5) is 0 Å². The van der Waals surface area contributed by atoms with Crippen molar-refractivity contribution >= 4 is 23.3 Å².